The highest BCUT2D eigenvalue weighted by atomic mass is 32.3. The van der Waals surface area contributed by atoms with Gasteiger partial charge in [-0.15, -0.1) is 4.79 Å². The highest BCUT2D eigenvalue weighted by Gasteiger charge is 2.44. The second-order valence-corrected chi connectivity index (χ2v) is 13.3. The third-order valence-corrected chi connectivity index (χ3v) is 10.7. The molecule has 0 aliphatic carbocycles. The number of rotatable bonds is 8. The maximum Gasteiger partial charge on any atom is 0.504 e. The SMILES string of the molecule is CCCCc1ccc2cc(S(=O)(=O)C(=[N+]=[N-])S(=O)(=O)c3ccc4cc(CCCC)ccc4c3)ccc2c1. The monoisotopic (exact) mass is 534 g/mol. The van der Waals surface area contributed by atoms with Gasteiger partial charge >= 0.3 is 4.38 Å². The summed E-state index contributed by atoms with van der Waals surface area (Å²) in [7, 11) is -9.26. The molecule has 4 aromatic rings. The number of aryl methyl sites for hydroxylation is 2. The Balaban J connectivity index is 1.70. The van der Waals surface area contributed by atoms with E-state index < -0.39 is 24.1 Å². The smallest absolute Gasteiger partial charge is 0.359 e. The molecule has 6 nitrogen and oxygen atoms in total. The maximum absolute atomic E-state index is 13.4. The Morgan fingerprint density at radius 2 is 1.00 bits per heavy atom. The van der Waals surface area contributed by atoms with Gasteiger partial charge in [0.05, 0.1) is 9.79 Å². The van der Waals surface area contributed by atoms with Gasteiger partial charge in [0.1, 0.15) is 0 Å². The Morgan fingerprint density at radius 1 is 0.622 bits per heavy atom. The third-order valence-electron chi connectivity index (χ3n) is 6.55. The minimum Gasteiger partial charge on any atom is -0.359 e. The quantitative estimate of drug-likeness (QED) is 0.111. The van der Waals surface area contributed by atoms with Gasteiger partial charge in [0, 0.05) is 0 Å². The van der Waals surface area contributed by atoms with Crippen molar-refractivity contribution in [2.24, 2.45) is 0 Å². The first kappa shape index (κ1) is 26.7. The Bertz CT molecular complexity index is 1610. The number of sulfone groups is 2. The van der Waals surface area contributed by atoms with E-state index in [1.165, 1.54) is 24.3 Å². The predicted octanol–water partition coefficient (Wildman–Crippen LogP) is 6.51. The second kappa shape index (κ2) is 11.0. The van der Waals surface area contributed by atoms with E-state index in [1.807, 2.05) is 36.4 Å². The Labute approximate surface area is 218 Å². The zero-order chi connectivity index (χ0) is 26.6. The van der Waals surface area contributed by atoms with Crippen molar-refractivity contribution in [2.75, 3.05) is 0 Å². The number of nitrogens with zero attached hydrogens (tertiary/aromatic N) is 2. The molecule has 0 saturated carbocycles. The topological polar surface area (TPSA) is 105 Å². The van der Waals surface area contributed by atoms with Crippen LogP contribution in [-0.4, -0.2) is 26.0 Å². The number of unbranched alkanes of at least 4 members (excludes halogenated alkanes) is 2. The van der Waals surface area contributed by atoms with Gasteiger partial charge in [-0.05, 0) is 82.6 Å². The van der Waals surface area contributed by atoms with Crippen LogP contribution >= 0.6 is 0 Å². The zero-order valence-electron chi connectivity index (χ0n) is 21.0. The molecule has 0 aromatic heterocycles. The largest absolute Gasteiger partial charge is 0.504 e. The van der Waals surface area contributed by atoms with E-state index in [-0.39, 0.29) is 9.79 Å². The van der Waals surface area contributed by atoms with Crippen LogP contribution in [0.5, 0.6) is 0 Å². The van der Waals surface area contributed by atoms with E-state index in [1.54, 1.807) is 12.1 Å². The van der Waals surface area contributed by atoms with Crippen LogP contribution in [0.15, 0.2) is 82.6 Å². The number of benzene rings is 4. The van der Waals surface area contributed by atoms with Gasteiger partial charge in [-0.1, -0.05) is 75.2 Å². The molecule has 0 bridgehead atoms. The molecule has 8 heteroatoms. The van der Waals surface area contributed by atoms with Crippen molar-refractivity contribution in [2.45, 2.75) is 62.2 Å². The minimum absolute atomic E-state index is 0.251. The van der Waals surface area contributed by atoms with Crippen LogP contribution in [0.4, 0.5) is 0 Å². The van der Waals surface area contributed by atoms with Crippen molar-refractivity contribution in [3.05, 3.63) is 89.5 Å². The van der Waals surface area contributed by atoms with Gasteiger partial charge in [0.25, 0.3) is 19.7 Å². The Hall–Kier alpha value is -3.32. The van der Waals surface area contributed by atoms with E-state index in [9.17, 15) is 22.4 Å². The molecule has 0 N–H and O–H groups in total. The van der Waals surface area contributed by atoms with Gasteiger partial charge in [0.15, 0.2) is 0 Å². The van der Waals surface area contributed by atoms with Crippen molar-refractivity contribution in [3.63, 3.8) is 0 Å². The summed E-state index contributed by atoms with van der Waals surface area (Å²) in [5.41, 5.74) is 11.9. The second-order valence-electron chi connectivity index (χ2n) is 9.27. The number of hydrogen-bond donors (Lipinski definition) is 0. The lowest BCUT2D eigenvalue weighted by atomic mass is 10.0. The summed E-state index contributed by atoms with van der Waals surface area (Å²) in [6.07, 6.45) is 6.12. The van der Waals surface area contributed by atoms with Gasteiger partial charge in [-0.2, -0.15) is 0 Å². The van der Waals surface area contributed by atoms with Crippen molar-refractivity contribution in [3.8, 4) is 0 Å². The first-order valence-corrected chi connectivity index (χ1v) is 15.4. The molecule has 0 spiro atoms. The maximum atomic E-state index is 13.4. The first-order chi connectivity index (χ1) is 17.7. The molecule has 0 amide bonds. The van der Waals surface area contributed by atoms with E-state index in [2.05, 4.69) is 18.6 Å². The highest BCUT2D eigenvalue weighted by molar-refractivity contribution is 8.31. The fourth-order valence-corrected chi connectivity index (χ4v) is 7.82. The Kier molecular flexibility index (Phi) is 7.93. The normalized spacial score (nSPS) is 12.1. The van der Waals surface area contributed by atoms with Gasteiger partial charge in [-0.3, -0.25) is 0 Å². The molecule has 0 fully saturated rings. The van der Waals surface area contributed by atoms with Crippen LogP contribution in [0, 0.1) is 0 Å². The van der Waals surface area contributed by atoms with Crippen molar-refractivity contribution in [1.29, 1.82) is 0 Å². The zero-order valence-corrected chi connectivity index (χ0v) is 22.6. The molecule has 4 rings (SSSR count). The van der Waals surface area contributed by atoms with Crippen LogP contribution in [0.25, 0.3) is 27.1 Å². The van der Waals surface area contributed by atoms with Gasteiger partial charge in [0.2, 0.25) is 0 Å². The summed E-state index contributed by atoms with van der Waals surface area (Å²) in [6, 6.07) is 20.3. The van der Waals surface area contributed by atoms with Crippen molar-refractivity contribution < 1.29 is 21.6 Å². The fourth-order valence-electron chi connectivity index (χ4n) is 4.41. The molecular formula is C29H30N2O4S2. The molecule has 0 unspecified atom stereocenters. The minimum atomic E-state index is -4.63. The van der Waals surface area contributed by atoms with E-state index in [0.29, 0.717) is 10.8 Å². The van der Waals surface area contributed by atoms with Gasteiger partial charge in [-0.25, -0.2) is 16.8 Å². The summed E-state index contributed by atoms with van der Waals surface area (Å²) in [6.45, 7) is 4.24. The molecule has 4 aromatic carbocycles. The van der Waals surface area contributed by atoms with Crippen LogP contribution in [-0.2, 0) is 32.5 Å². The lowest BCUT2D eigenvalue weighted by molar-refractivity contribution is 0.00380. The molecule has 37 heavy (non-hydrogen) atoms. The third kappa shape index (κ3) is 5.52. The Morgan fingerprint density at radius 3 is 1.38 bits per heavy atom. The summed E-state index contributed by atoms with van der Waals surface area (Å²) >= 11 is 0. The average molecular weight is 535 g/mol. The molecule has 0 radical (unpaired) electrons. The van der Waals surface area contributed by atoms with Crippen molar-refractivity contribution >= 4 is 45.6 Å². The number of fused-ring (bicyclic) bond motifs is 2. The van der Waals surface area contributed by atoms with Gasteiger partial charge < -0.3 is 5.53 Å². The fraction of sp³-hybridized carbons (Fsp3) is 0.276. The predicted molar refractivity (Wildman–Crippen MR) is 148 cm³/mol. The molecule has 0 heterocycles. The van der Waals surface area contributed by atoms with Crippen LogP contribution in [0.2, 0.25) is 0 Å². The van der Waals surface area contributed by atoms with E-state index >= 15 is 0 Å². The molecule has 0 aliphatic heterocycles. The summed E-state index contributed by atoms with van der Waals surface area (Å²) in [5, 5.41) is 3.01. The summed E-state index contributed by atoms with van der Waals surface area (Å²) in [4.78, 5) is 2.28. The molecular weight excluding hydrogens is 504 g/mol. The molecule has 0 saturated heterocycles. The van der Waals surface area contributed by atoms with Crippen molar-refractivity contribution in [1.82, 2.24) is 0 Å². The summed E-state index contributed by atoms with van der Waals surface area (Å²) < 4.78 is 52.2. The van der Waals surface area contributed by atoms with E-state index in [4.69, 9.17) is 0 Å². The molecule has 0 aliphatic rings. The number of hydrogen-bond acceptors (Lipinski definition) is 4. The lowest BCUT2D eigenvalue weighted by Crippen LogP contribution is -2.26. The van der Waals surface area contributed by atoms with Crippen LogP contribution in [0.3, 0.4) is 0 Å². The van der Waals surface area contributed by atoms with E-state index in [0.717, 1.165) is 60.4 Å². The highest BCUT2D eigenvalue weighted by Crippen LogP contribution is 2.27. The average Bonchev–Trinajstić information content (AvgIpc) is 2.89. The summed E-state index contributed by atoms with van der Waals surface area (Å²) in [5.74, 6) is 0. The lowest BCUT2D eigenvalue weighted by Gasteiger charge is -2.07. The van der Waals surface area contributed by atoms with Crippen LogP contribution < -0.4 is 0 Å². The molecule has 192 valence electrons. The molecule has 0 atom stereocenters. The standard InChI is InChI=1S/C29H30N2O4S2/c1-3-5-7-21-9-11-25-19-27(15-13-23(25)17-21)36(32,33)29(31-30)37(34,35)28-16-14-24-18-22(8-6-4-2)10-12-26(24)20-28/h9-20H,3-8H2,1-2H3. The van der Waals surface area contributed by atoms with Crippen LogP contribution in [0.1, 0.15) is 50.7 Å². The first-order valence-electron chi connectivity index (χ1n) is 12.5.